The number of benzene rings is 4. The highest BCUT2D eigenvalue weighted by atomic mass is 35.5. The lowest BCUT2D eigenvalue weighted by molar-refractivity contribution is -0.127. The molecule has 4 aromatic carbocycles. The summed E-state index contributed by atoms with van der Waals surface area (Å²) in [6.45, 7) is 0. The zero-order chi connectivity index (χ0) is 33.3. The summed E-state index contributed by atoms with van der Waals surface area (Å²) in [5.74, 6) is -4.78. The molecule has 2 heterocycles. The average Bonchev–Trinajstić information content (AvgIpc) is 3.49. The van der Waals surface area contributed by atoms with Crippen molar-refractivity contribution >= 4 is 46.6 Å². The van der Waals surface area contributed by atoms with Gasteiger partial charge >= 0.3 is 0 Å². The zero-order valence-corrected chi connectivity index (χ0v) is 26.7. The summed E-state index contributed by atoms with van der Waals surface area (Å²) in [6, 6.07) is 29.7. The van der Waals surface area contributed by atoms with E-state index < -0.39 is 46.8 Å². The number of hydrogen-bond donors (Lipinski definition) is 1. The van der Waals surface area contributed by atoms with Crippen LogP contribution in [0.1, 0.15) is 29.9 Å². The minimum Gasteiger partial charge on any atom is -0.508 e. The molecule has 8 nitrogen and oxygen atoms in total. The molecule has 4 aliphatic rings. The van der Waals surface area contributed by atoms with Crippen LogP contribution >= 0.6 is 11.6 Å². The van der Waals surface area contributed by atoms with Gasteiger partial charge < -0.3 is 9.84 Å². The lowest BCUT2D eigenvalue weighted by atomic mass is 9.49. The number of rotatable bonds is 5. The minimum absolute atomic E-state index is 0.0988. The van der Waals surface area contributed by atoms with E-state index in [1.54, 1.807) is 60.7 Å². The predicted molar refractivity (Wildman–Crippen MR) is 180 cm³/mol. The normalized spacial score (nSPS) is 27.8. The number of carbonyl (C=O) groups is 4. The number of fused-ring (bicyclic) bond motifs is 4. The van der Waals surface area contributed by atoms with Gasteiger partial charge in [0.1, 0.15) is 11.5 Å². The van der Waals surface area contributed by atoms with Gasteiger partial charge in [-0.05, 0) is 60.7 Å². The van der Waals surface area contributed by atoms with Crippen LogP contribution in [0.15, 0.2) is 115 Å². The van der Waals surface area contributed by atoms with E-state index in [1.807, 2.05) is 42.5 Å². The quantitative estimate of drug-likeness (QED) is 0.196. The lowest BCUT2D eigenvalue weighted by Crippen LogP contribution is -2.53. The van der Waals surface area contributed by atoms with Crippen LogP contribution in [0, 0.1) is 23.7 Å². The van der Waals surface area contributed by atoms with Crippen molar-refractivity contribution in [3.05, 3.63) is 131 Å². The summed E-state index contributed by atoms with van der Waals surface area (Å²) in [7, 11) is 1.50. The monoisotopic (exact) mass is 658 g/mol. The topological polar surface area (TPSA) is 104 Å². The number of aromatic hydroxyl groups is 1. The van der Waals surface area contributed by atoms with Gasteiger partial charge in [0, 0.05) is 22.6 Å². The highest BCUT2D eigenvalue weighted by molar-refractivity contribution is 6.32. The molecule has 9 heteroatoms. The zero-order valence-electron chi connectivity index (χ0n) is 26.0. The van der Waals surface area contributed by atoms with E-state index in [-0.39, 0.29) is 30.4 Å². The number of anilines is 2. The second-order valence-electron chi connectivity index (χ2n) is 12.9. The molecule has 2 aliphatic carbocycles. The molecule has 0 aromatic heterocycles. The highest BCUT2D eigenvalue weighted by Crippen LogP contribution is 2.65. The number of ether oxygens (including phenoxy) is 1. The van der Waals surface area contributed by atoms with Crippen molar-refractivity contribution in [2.45, 2.75) is 24.2 Å². The predicted octanol–water partition coefficient (Wildman–Crippen LogP) is 6.42. The fourth-order valence-electron chi connectivity index (χ4n) is 8.81. The van der Waals surface area contributed by atoms with Crippen molar-refractivity contribution in [3.63, 3.8) is 0 Å². The number of allylic oxidation sites excluding steroid dienone is 2. The van der Waals surface area contributed by atoms with Crippen molar-refractivity contribution in [2.24, 2.45) is 23.7 Å². The number of hydrogen-bond acceptors (Lipinski definition) is 6. The first-order chi connectivity index (χ1) is 23.3. The maximum Gasteiger partial charge on any atom is 0.246 e. The van der Waals surface area contributed by atoms with Crippen LogP contribution in [0.4, 0.5) is 11.4 Å². The molecule has 0 spiro atoms. The third kappa shape index (κ3) is 4.15. The molecule has 2 aliphatic heterocycles. The Morgan fingerprint density at radius 2 is 1.48 bits per heavy atom. The van der Waals surface area contributed by atoms with E-state index in [0.29, 0.717) is 33.3 Å². The number of imide groups is 2. The van der Waals surface area contributed by atoms with Crippen molar-refractivity contribution in [3.8, 4) is 11.5 Å². The largest absolute Gasteiger partial charge is 0.508 e. The number of phenols is 1. The van der Waals surface area contributed by atoms with Gasteiger partial charge in [0.05, 0.1) is 41.7 Å². The van der Waals surface area contributed by atoms with Gasteiger partial charge in [0.25, 0.3) is 0 Å². The van der Waals surface area contributed by atoms with Gasteiger partial charge in [-0.3, -0.25) is 24.1 Å². The number of para-hydroxylation sites is 1. The second kappa shape index (κ2) is 11.2. The maximum atomic E-state index is 15.3. The Labute approximate surface area is 282 Å². The third-order valence-corrected chi connectivity index (χ3v) is 11.0. The number of halogens is 1. The fourth-order valence-corrected chi connectivity index (χ4v) is 9.00. The molecule has 1 saturated carbocycles. The van der Waals surface area contributed by atoms with Gasteiger partial charge in [0.2, 0.25) is 23.6 Å². The molecule has 240 valence electrons. The number of amides is 4. The van der Waals surface area contributed by atoms with Gasteiger partial charge in [-0.25, -0.2) is 4.90 Å². The van der Waals surface area contributed by atoms with Gasteiger partial charge in [0.15, 0.2) is 0 Å². The number of phenolic OH excluding ortho intramolecular Hbond substituents is 1. The van der Waals surface area contributed by atoms with E-state index in [0.717, 1.165) is 5.57 Å². The lowest BCUT2D eigenvalue weighted by Gasteiger charge is -2.50. The Morgan fingerprint density at radius 1 is 0.771 bits per heavy atom. The smallest absolute Gasteiger partial charge is 0.246 e. The standard InChI is InChI=1S/C39H31ClN2O6/c1-48-26-15-16-28(32(43)20-26)34-27-17-18-29-33(37(46)41(35(29)44)24-12-6-3-7-13-24)30(27)21-31-36(45)42(25-14-8-11-23(40)19-25)38(47)39(31,34)22-9-4-2-5-10-22/h2-17,19-20,29-31,33-34,43H,18,21H2,1H3/t29-,30+,31-,33-,34+,39+/m0/s1. The summed E-state index contributed by atoms with van der Waals surface area (Å²) in [5.41, 5.74) is 1.19. The summed E-state index contributed by atoms with van der Waals surface area (Å²) in [6.07, 6.45) is 2.42. The van der Waals surface area contributed by atoms with Crippen molar-refractivity contribution < 1.29 is 29.0 Å². The Bertz CT molecular complexity index is 2030. The SMILES string of the molecule is COc1ccc([C@H]2C3=CC[C@@H]4C(=O)N(c5ccccc5)C(=O)[C@@H]4[C@@H]3C[C@H]3C(=O)N(c4cccc(Cl)c4)C(=O)[C@@]23c2ccccc2)c(O)c1. The summed E-state index contributed by atoms with van der Waals surface area (Å²) in [4.78, 5) is 60.8. The maximum absolute atomic E-state index is 15.3. The molecule has 4 aromatic rings. The highest BCUT2D eigenvalue weighted by Gasteiger charge is 2.70. The molecule has 0 unspecified atom stereocenters. The molecule has 1 N–H and O–H groups in total. The average molecular weight is 659 g/mol. The number of nitrogens with zero attached hydrogens (tertiary/aromatic N) is 2. The van der Waals surface area contributed by atoms with E-state index >= 15 is 4.79 Å². The molecule has 8 rings (SSSR count). The molecule has 0 bridgehead atoms. The van der Waals surface area contributed by atoms with Crippen LogP contribution in [-0.4, -0.2) is 35.8 Å². The first-order valence-corrected chi connectivity index (χ1v) is 16.3. The minimum atomic E-state index is -1.48. The van der Waals surface area contributed by atoms with E-state index in [2.05, 4.69) is 0 Å². The number of carbonyl (C=O) groups excluding carboxylic acids is 4. The van der Waals surface area contributed by atoms with Crippen LogP contribution < -0.4 is 14.5 Å². The van der Waals surface area contributed by atoms with E-state index in [4.69, 9.17) is 16.3 Å². The second-order valence-corrected chi connectivity index (χ2v) is 13.3. The van der Waals surface area contributed by atoms with E-state index in [9.17, 15) is 19.5 Å². The molecule has 0 radical (unpaired) electrons. The van der Waals surface area contributed by atoms with Crippen molar-refractivity contribution in [1.82, 2.24) is 0 Å². The number of methoxy groups -OCH3 is 1. The summed E-state index contributed by atoms with van der Waals surface area (Å²) >= 11 is 6.37. The molecule has 3 fully saturated rings. The van der Waals surface area contributed by atoms with Crippen molar-refractivity contribution in [1.29, 1.82) is 0 Å². The molecule has 48 heavy (non-hydrogen) atoms. The van der Waals surface area contributed by atoms with Crippen LogP contribution in [-0.2, 0) is 24.6 Å². The van der Waals surface area contributed by atoms with Crippen LogP contribution in [0.5, 0.6) is 11.5 Å². The molecular weight excluding hydrogens is 628 g/mol. The van der Waals surface area contributed by atoms with Crippen LogP contribution in [0.2, 0.25) is 5.02 Å². The molecule has 6 atom stereocenters. The Kier molecular flexibility index (Phi) is 7.03. The van der Waals surface area contributed by atoms with Crippen LogP contribution in [0.25, 0.3) is 0 Å². The van der Waals surface area contributed by atoms with Gasteiger partial charge in [-0.1, -0.05) is 83.9 Å². The van der Waals surface area contributed by atoms with Gasteiger partial charge in [-0.2, -0.15) is 0 Å². The molecular formula is C39H31ClN2O6. The summed E-state index contributed by atoms with van der Waals surface area (Å²) < 4.78 is 5.40. The van der Waals surface area contributed by atoms with Crippen LogP contribution in [0.3, 0.4) is 0 Å². The first-order valence-electron chi connectivity index (χ1n) is 16.0. The Hall–Kier alpha value is -5.21. The fraction of sp³-hybridized carbons (Fsp3) is 0.231. The van der Waals surface area contributed by atoms with E-state index in [1.165, 1.54) is 23.0 Å². The van der Waals surface area contributed by atoms with Gasteiger partial charge in [-0.15, -0.1) is 0 Å². The first kappa shape index (κ1) is 30.1. The Balaban J connectivity index is 1.37. The Morgan fingerprint density at radius 3 is 2.17 bits per heavy atom. The summed E-state index contributed by atoms with van der Waals surface area (Å²) in [5, 5.41) is 12.0. The molecule has 4 amide bonds. The molecule has 2 saturated heterocycles. The third-order valence-electron chi connectivity index (χ3n) is 10.7. The van der Waals surface area contributed by atoms with Crippen molar-refractivity contribution in [2.75, 3.05) is 16.9 Å².